The molecule has 3 nitrogen and oxygen atoms in total. The van der Waals surface area contributed by atoms with Crippen LogP contribution in [0.15, 0.2) is 48.2 Å². The number of hydrogen-bond donors (Lipinski definition) is 2. The fraction of sp³-hybridized carbons (Fsp3) is 0.333. The molecule has 1 aliphatic carbocycles. The Morgan fingerprint density at radius 2 is 2.06 bits per heavy atom. The van der Waals surface area contributed by atoms with Crippen LogP contribution in [0.5, 0.6) is 5.75 Å². The molecule has 1 aromatic rings. The van der Waals surface area contributed by atoms with Gasteiger partial charge in [-0.3, -0.25) is 0 Å². The van der Waals surface area contributed by atoms with E-state index in [0.29, 0.717) is 0 Å². The van der Waals surface area contributed by atoms with E-state index in [0.717, 1.165) is 23.4 Å². The standard InChI is InChI=1S/C15H20N2O/c1-11-9-13(16)7-8-15(11,17)10-12-5-3-4-6-14(12)18-2/h3-9,11H,10,16-17H2,1-2H3. The van der Waals surface area contributed by atoms with Gasteiger partial charge in [0.1, 0.15) is 5.75 Å². The second-order valence-corrected chi connectivity index (χ2v) is 4.89. The van der Waals surface area contributed by atoms with Crippen molar-refractivity contribution in [2.45, 2.75) is 18.9 Å². The summed E-state index contributed by atoms with van der Waals surface area (Å²) in [6.45, 7) is 2.09. The lowest BCUT2D eigenvalue weighted by molar-refractivity contribution is 0.383. The summed E-state index contributed by atoms with van der Waals surface area (Å²) in [7, 11) is 1.68. The van der Waals surface area contributed by atoms with Gasteiger partial charge in [-0.25, -0.2) is 0 Å². The minimum Gasteiger partial charge on any atom is -0.496 e. The second-order valence-electron chi connectivity index (χ2n) is 4.89. The fourth-order valence-electron chi connectivity index (χ4n) is 2.30. The molecule has 0 aliphatic heterocycles. The van der Waals surface area contributed by atoms with Gasteiger partial charge in [0.05, 0.1) is 7.11 Å². The molecule has 0 spiro atoms. The molecule has 2 unspecified atom stereocenters. The molecular formula is C15H20N2O. The SMILES string of the molecule is COc1ccccc1CC1(N)C=CC(N)=CC1C. The maximum Gasteiger partial charge on any atom is 0.122 e. The number of para-hydroxylation sites is 1. The van der Waals surface area contributed by atoms with Crippen LogP contribution >= 0.6 is 0 Å². The molecule has 0 saturated carbocycles. The lowest BCUT2D eigenvalue weighted by Crippen LogP contribution is -2.47. The maximum absolute atomic E-state index is 6.48. The first-order valence-electron chi connectivity index (χ1n) is 6.12. The van der Waals surface area contributed by atoms with E-state index in [1.165, 1.54) is 0 Å². The summed E-state index contributed by atoms with van der Waals surface area (Å²) in [6, 6.07) is 7.97. The van der Waals surface area contributed by atoms with E-state index in [1.54, 1.807) is 7.11 Å². The summed E-state index contributed by atoms with van der Waals surface area (Å²) < 4.78 is 5.37. The summed E-state index contributed by atoms with van der Waals surface area (Å²) in [5.74, 6) is 1.08. The molecule has 2 rings (SSSR count). The van der Waals surface area contributed by atoms with Crippen molar-refractivity contribution < 1.29 is 4.74 Å². The van der Waals surface area contributed by atoms with Gasteiger partial charge in [0.25, 0.3) is 0 Å². The quantitative estimate of drug-likeness (QED) is 0.854. The lowest BCUT2D eigenvalue weighted by atomic mass is 9.77. The van der Waals surface area contributed by atoms with Crippen LogP contribution < -0.4 is 16.2 Å². The van der Waals surface area contributed by atoms with Crippen LogP contribution in [0.4, 0.5) is 0 Å². The van der Waals surface area contributed by atoms with E-state index in [2.05, 4.69) is 13.0 Å². The van der Waals surface area contributed by atoms with Gasteiger partial charge in [0.15, 0.2) is 0 Å². The zero-order chi connectivity index (χ0) is 13.2. The Morgan fingerprint density at radius 3 is 2.72 bits per heavy atom. The van der Waals surface area contributed by atoms with Crippen LogP contribution in [0, 0.1) is 5.92 Å². The average molecular weight is 244 g/mol. The Bertz CT molecular complexity index is 493. The minimum atomic E-state index is -0.405. The third kappa shape index (κ3) is 2.41. The Kier molecular flexibility index (Phi) is 3.43. The fourth-order valence-corrected chi connectivity index (χ4v) is 2.30. The molecule has 3 heteroatoms. The number of rotatable bonds is 3. The van der Waals surface area contributed by atoms with Crippen LogP contribution in [-0.2, 0) is 6.42 Å². The highest BCUT2D eigenvalue weighted by molar-refractivity contribution is 5.38. The number of methoxy groups -OCH3 is 1. The van der Waals surface area contributed by atoms with Crippen molar-refractivity contribution in [3.63, 3.8) is 0 Å². The molecule has 0 saturated heterocycles. The van der Waals surface area contributed by atoms with Gasteiger partial charge in [-0.05, 0) is 30.0 Å². The van der Waals surface area contributed by atoms with Crippen LogP contribution in [-0.4, -0.2) is 12.6 Å². The van der Waals surface area contributed by atoms with Crippen molar-refractivity contribution in [3.05, 3.63) is 53.8 Å². The monoisotopic (exact) mass is 244 g/mol. The minimum absolute atomic E-state index is 0.201. The number of hydrogen-bond acceptors (Lipinski definition) is 3. The van der Waals surface area contributed by atoms with Crippen LogP contribution in [0.3, 0.4) is 0 Å². The highest BCUT2D eigenvalue weighted by Gasteiger charge is 2.31. The van der Waals surface area contributed by atoms with Crippen molar-refractivity contribution in [1.82, 2.24) is 0 Å². The summed E-state index contributed by atoms with van der Waals surface area (Å²) in [4.78, 5) is 0. The van der Waals surface area contributed by atoms with Gasteiger partial charge in [0, 0.05) is 11.2 Å². The van der Waals surface area contributed by atoms with Crippen LogP contribution in [0.25, 0.3) is 0 Å². The molecular weight excluding hydrogens is 224 g/mol. The van der Waals surface area contributed by atoms with Crippen molar-refractivity contribution >= 4 is 0 Å². The molecule has 0 heterocycles. The number of benzene rings is 1. The number of nitrogens with two attached hydrogens (primary N) is 2. The topological polar surface area (TPSA) is 61.3 Å². The lowest BCUT2D eigenvalue weighted by Gasteiger charge is -2.34. The first kappa shape index (κ1) is 12.7. The molecule has 0 bridgehead atoms. The highest BCUT2D eigenvalue weighted by atomic mass is 16.5. The van der Waals surface area contributed by atoms with Gasteiger partial charge in [-0.15, -0.1) is 0 Å². The van der Waals surface area contributed by atoms with E-state index in [4.69, 9.17) is 16.2 Å². The third-order valence-electron chi connectivity index (χ3n) is 3.57. The molecule has 0 amide bonds. The van der Waals surface area contributed by atoms with Gasteiger partial charge >= 0.3 is 0 Å². The zero-order valence-corrected chi connectivity index (χ0v) is 10.9. The van der Waals surface area contributed by atoms with Gasteiger partial charge in [-0.2, -0.15) is 0 Å². The Labute approximate surface area is 108 Å². The van der Waals surface area contributed by atoms with Crippen molar-refractivity contribution in [1.29, 1.82) is 0 Å². The van der Waals surface area contributed by atoms with E-state index in [-0.39, 0.29) is 5.92 Å². The van der Waals surface area contributed by atoms with Crippen LogP contribution in [0.1, 0.15) is 12.5 Å². The first-order chi connectivity index (χ1) is 8.55. The van der Waals surface area contributed by atoms with Crippen LogP contribution in [0.2, 0.25) is 0 Å². The third-order valence-corrected chi connectivity index (χ3v) is 3.57. The number of ether oxygens (including phenoxy) is 1. The summed E-state index contributed by atoms with van der Waals surface area (Å²) in [5.41, 5.74) is 13.8. The zero-order valence-electron chi connectivity index (χ0n) is 10.9. The summed E-state index contributed by atoms with van der Waals surface area (Å²) in [5, 5.41) is 0. The summed E-state index contributed by atoms with van der Waals surface area (Å²) in [6.07, 6.45) is 6.63. The van der Waals surface area contributed by atoms with Gasteiger partial charge in [0.2, 0.25) is 0 Å². The van der Waals surface area contributed by atoms with Crippen molar-refractivity contribution in [2.75, 3.05) is 7.11 Å². The molecule has 0 fully saturated rings. The Hall–Kier alpha value is -1.74. The molecule has 1 aromatic carbocycles. The number of allylic oxidation sites excluding steroid dienone is 1. The van der Waals surface area contributed by atoms with Crippen molar-refractivity contribution in [3.8, 4) is 5.75 Å². The van der Waals surface area contributed by atoms with E-state index in [9.17, 15) is 0 Å². The van der Waals surface area contributed by atoms with Gasteiger partial charge < -0.3 is 16.2 Å². The molecule has 0 radical (unpaired) electrons. The average Bonchev–Trinajstić information content (AvgIpc) is 2.35. The molecule has 4 N–H and O–H groups in total. The smallest absolute Gasteiger partial charge is 0.122 e. The van der Waals surface area contributed by atoms with E-state index < -0.39 is 5.54 Å². The van der Waals surface area contributed by atoms with E-state index >= 15 is 0 Å². The second kappa shape index (κ2) is 4.86. The maximum atomic E-state index is 6.48. The molecule has 18 heavy (non-hydrogen) atoms. The highest BCUT2D eigenvalue weighted by Crippen LogP contribution is 2.30. The largest absolute Gasteiger partial charge is 0.496 e. The van der Waals surface area contributed by atoms with Crippen molar-refractivity contribution in [2.24, 2.45) is 17.4 Å². The molecule has 96 valence electrons. The predicted molar refractivity (Wildman–Crippen MR) is 74.2 cm³/mol. The normalized spacial score (nSPS) is 26.8. The molecule has 0 aromatic heterocycles. The molecule has 2 atom stereocenters. The molecule has 1 aliphatic rings. The van der Waals surface area contributed by atoms with E-state index in [1.807, 2.05) is 36.4 Å². The first-order valence-corrected chi connectivity index (χ1v) is 6.12. The Morgan fingerprint density at radius 1 is 1.33 bits per heavy atom. The predicted octanol–water partition coefficient (Wildman–Crippen LogP) is 1.98. The van der Waals surface area contributed by atoms with Gasteiger partial charge in [-0.1, -0.05) is 37.3 Å². The summed E-state index contributed by atoms with van der Waals surface area (Å²) >= 11 is 0. The Balaban J connectivity index is 2.26.